The Morgan fingerprint density at radius 2 is 1.93 bits per heavy atom. The number of rotatable bonds is 1. The van der Waals surface area contributed by atoms with E-state index < -0.39 is 0 Å². The van der Waals surface area contributed by atoms with Crippen molar-refractivity contribution in [2.24, 2.45) is 0 Å². The summed E-state index contributed by atoms with van der Waals surface area (Å²) in [6, 6.07) is 6.08. The predicted octanol–water partition coefficient (Wildman–Crippen LogP) is 3.55. The number of hydrogen-bond acceptors (Lipinski definition) is 1. The van der Waals surface area contributed by atoms with Crippen LogP contribution in [0.3, 0.4) is 0 Å². The highest BCUT2D eigenvalue weighted by Gasteiger charge is 2.18. The molecule has 0 fully saturated rings. The van der Waals surface area contributed by atoms with Crippen molar-refractivity contribution < 1.29 is 4.79 Å². The van der Waals surface area contributed by atoms with Gasteiger partial charge in [-0.2, -0.15) is 0 Å². The van der Waals surface area contributed by atoms with Gasteiger partial charge in [0.2, 0.25) is 5.91 Å². The largest absolute Gasteiger partial charge is 0.326 e. The topological polar surface area (TPSA) is 29.1 Å². The van der Waals surface area contributed by atoms with Crippen LogP contribution in [0.4, 0.5) is 5.69 Å². The first-order chi connectivity index (χ1) is 6.80. The summed E-state index contributed by atoms with van der Waals surface area (Å²) >= 11 is 2.28. The van der Waals surface area contributed by atoms with Crippen LogP contribution in [0, 0.1) is 3.57 Å². The van der Waals surface area contributed by atoms with Gasteiger partial charge >= 0.3 is 0 Å². The minimum absolute atomic E-state index is 0.0262. The van der Waals surface area contributed by atoms with Crippen LogP contribution >= 0.6 is 22.6 Å². The van der Waals surface area contributed by atoms with Crippen LogP contribution in [0.2, 0.25) is 0 Å². The van der Waals surface area contributed by atoms with Crippen molar-refractivity contribution in [2.75, 3.05) is 5.32 Å². The fourth-order valence-electron chi connectivity index (χ4n) is 1.44. The Morgan fingerprint density at radius 1 is 1.33 bits per heavy atom. The van der Waals surface area contributed by atoms with Crippen LogP contribution < -0.4 is 5.32 Å². The molecule has 0 aliphatic rings. The molecule has 0 aliphatic carbocycles. The minimum Gasteiger partial charge on any atom is -0.326 e. The molecule has 0 atom stereocenters. The van der Waals surface area contributed by atoms with Gasteiger partial charge in [0.15, 0.2) is 0 Å². The lowest BCUT2D eigenvalue weighted by atomic mass is 9.86. The van der Waals surface area contributed by atoms with Gasteiger partial charge in [-0.15, -0.1) is 0 Å². The van der Waals surface area contributed by atoms with E-state index in [1.807, 2.05) is 12.1 Å². The van der Waals surface area contributed by atoms with E-state index in [1.165, 1.54) is 16.1 Å². The second kappa shape index (κ2) is 4.51. The Bertz CT molecular complexity index is 380. The van der Waals surface area contributed by atoms with E-state index in [1.54, 1.807) is 0 Å². The summed E-state index contributed by atoms with van der Waals surface area (Å²) in [6.07, 6.45) is 0. The van der Waals surface area contributed by atoms with Gasteiger partial charge in [-0.05, 0) is 51.8 Å². The molecular formula is C12H16INO. The Balaban J connectivity index is 3.20. The number of amides is 1. The van der Waals surface area contributed by atoms with Gasteiger partial charge in [0.1, 0.15) is 0 Å². The van der Waals surface area contributed by atoms with Gasteiger partial charge in [0, 0.05) is 16.2 Å². The third-order valence-corrected chi connectivity index (χ3v) is 2.77. The number of halogens is 1. The molecule has 82 valence electrons. The average Bonchev–Trinajstić information content (AvgIpc) is 2.05. The molecule has 0 spiro atoms. The molecule has 1 N–H and O–H groups in total. The molecular weight excluding hydrogens is 301 g/mol. The molecule has 0 aromatic heterocycles. The summed E-state index contributed by atoms with van der Waals surface area (Å²) in [6.45, 7) is 7.96. The highest BCUT2D eigenvalue weighted by Crippen LogP contribution is 2.30. The van der Waals surface area contributed by atoms with E-state index >= 15 is 0 Å². The molecule has 0 heterocycles. The predicted molar refractivity (Wildman–Crippen MR) is 72.2 cm³/mol. The number of benzene rings is 1. The van der Waals surface area contributed by atoms with Crippen molar-refractivity contribution in [3.8, 4) is 0 Å². The summed E-state index contributed by atoms with van der Waals surface area (Å²) in [5.74, 6) is -0.0262. The maximum atomic E-state index is 11.1. The number of anilines is 1. The van der Waals surface area contributed by atoms with E-state index in [2.05, 4.69) is 54.7 Å². The molecule has 0 radical (unpaired) electrons. The van der Waals surface area contributed by atoms with Crippen molar-refractivity contribution >= 4 is 34.2 Å². The first-order valence-electron chi connectivity index (χ1n) is 4.88. The van der Waals surface area contributed by atoms with Crippen molar-refractivity contribution in [1.82, 2.24) is 0 Å². The van der Waals surface area contributed by atoms with Gasteiger partial charge in [0.05, 0.1) is 0 Å². The molecule has 3 heteroatoms. The summed E-state index contributed by atoms with van der Waals surface area (Å²) in [7, 11) is 0. The van der Waals surface area contributed by atoms with Crippen molar-refractivity contribution in [2.45, 2.75) is 33.1 Å². The average molecular weight is 317 g/mol. The summed E-state index contributed by atoms with van der Waals surface area (Å²) < 4.78 is 1.19. The van der Waals surface area contributed by atoms with Crippen molar-refractivity contribution in [3.63, 3.8) is 0 Å². The first-order valence-corrected chi connectivity index (χ1v) is 5.96. The van der Waals surface area contributed by atoms with E-state index in [9.17, 15) is 4.79 Å². The monoisotopic (exact) mass is 317 g/mol. The molecule has 1 aromatic rings. The summed E-state index contributed by atoms with van der Waals surface area (Å²) in [4.78, 5) is 11.1. The van der Waals surface area contributed by atoms with Gasteiger partial charge in [0.25, 0.3) is 0 Å². The molecule has 0 unspecified atom stereocenters. The fraction of sp³-hybridized carbons (Fsp3) is 0.417. The van der Waals surface area contributed by atoms with Gasteiger partial charge in [-0.1, -0.05) is 20.8 Å². The van der Waals surface area contributed by atoms with E-state index in [4.69, 9.17) is 0 Å². The van der Waals surface area contributed by atoms with Gasteiger partial charge in [-0.25, -0.2) is 0 Å². The van der Waals surface area contributed by atoms with Gasteiger partial charge in [-0.3, -0.25) is 4.79 Å². The van der Waals surface area contributed by atoms with Crippen LogP contribution in [0.1, 0.15) is 33.3 Å². The maximum Gasteiger partial charge on any atom is 0.221 e. The molecule has 1 aromatic carbocycles. The molecule has 1 amide bonds. The highest BCUT2D eigenvalue weighted by molar-refractivity contribution is 14.1. The van der Waals surface area contributed by atoms with Crippen LogP contribution in [-0.4, -0.2) is 5.91 Å². The minimum atomic E-state index is -0.0262. The lowest BCUT2D eigenvalue weighted by Gasteiger charge is -2.23. The second-order valence-corrected chi connectivity index (χ2v) is 5.87. The Labute approximate surface area is 105 Å². The van der Waals surface area contributed by atoms with Crippen molar-refractivity contribution in [1.29, 1.82) is 0 Å². The van der Waals surface area contributed by atoms with E-state index in [-0.39, 0.29) is 11.3 Å². The molecule has 0 bridgehead atoms. The molecule has 0 aliphatic heterocycles. The summed E-state index contributed by atoms with van der Waals surface area (Å²) in [5, 5.41) is 2.86. The quantitative estimate of drug-likeness (QED) is 0.789. The van der Waals surface area contributed by atoms with Crippen LogP contribution in [0.5, 0.6) is 0 Å². The Hall–Kier alpha value is -0.580. The Morgan fingerprint density at radius 3 is 2.40 bits per heavy atom. The second-order valence-electron chi connectivity index (χ2n) is 4.62. The fourth-order valence-corrected chi connectivity index (χ4v) is 1.93. The first kappa shape index (κ1) is 12.5. The zero-order chi connectivity index (χ0) is 11.6. The van der Waals surface area contributed by atoms with Crippen LogP contribution in [0.25, 0.3) is 0 Å². The molecule has 1 rings (SSSR count). The van der Waals surface area contributed by atoms with Crippen LogP contribution in [0.15, 0.2) is 18.2 Å². The SMILES string of the molecule is CC(=O)Nc1ccc(I)cc1C(C)(C)C. The van der Waals surface area contributed by atoms with E-state index in [0.717, 1.165) is 5.69 Å². The normalized spacial score (nSPS) is 11.3. The standard InChI is InChI=1S/C12H16INO/c1-8(15)14-11-6-5-9(13)7-10(11)12(2,3)4/h5-7H,1-4H3,(H,14,15). The number of nitrogens with one attached hydrogen (secondary N) is 1. The third-order valence-electron chi connectivity index (χ3n) is 2.10. The summed E-state index contributed by atoms with van der Waals surface area (Å²) in [5.41, 5.74) is 2.12. The molecule has 2 nitrogen and oxygen atoms in total. The molecule has 0 saturated carbocycles. The molecule has 15 heavy (non-hydrogen) atoms. The zero-order valence-electron chi connectivity index (χ0n) is 9.52. The lowest BCUT2D eigenvalue weighted by Crippen LogP contribution is -2.17. The van der Waals surface area contributed by atoms with E-state index in [0.29, 0.717) is 0 Å². The lowest BCUT2D eigenvalue weighted by molar-refractivity contribution is -0.114. The number of hydrogen-bond donors (Lipinski definition) is 1. The third kappa shape index (κ3) is 3.48. The zero-order valence-corrected chi connectivity index (χ0v) is 11.7. The van der Waals surface area contributed by atoms with Crippen LogP contribution in [-0.2, 0) is 10.2 Å². The molecule has 0 saturated heterocycles. The number of carbonyl (C=O) groups is 1. The van der Waals surface area contributed by atoms with Crippen molar-refractivity contribution in [3.05, 3.63) is 27.3 Å². The smallest absolute Gasteiger partial charge is 0.221 e. The number of carbonyl (C=O) groups excluding carboxylic acids is 1. The maximum absolute atomic E-state index is 11.1. The van der Waals surface area contributed by atoms with Gasteiger partial charge < -0.3 is 5.32 Å². The Kier molecular flexibility index (Phi) is 3.76. The highest BCUT2D eigenvalue weighted by atomic mass is 127.